The Morgan fingerprint density at radius 3 is 2.78 bits per heavy atom. The molecule has 2 heterocycles. The Kier molecular flexibility index (Phi) is 4.82. The van der Waals surface area contributed by atoms with Gasteiger partial charge in [0.2, 0.25) is 0 Å². The second-order valence-electron chi connectivity index (χ2n) is 5.72. The number of Topliss-reactive ketones (excluding diaryl/α,β-unsaturated/α-hetero) is 1. The van der Waals surface area contributed by atoms with E-state index in [2.05, 4.69) is 35.9 Å². The normalized spacial score (nSPS) is 11.3. The molecule has 0 saturated heterocycles. The van der Waals surface area contributed by atoms with E-state index in [1.807, 2.05) is 23.6 Å². The van der Waals surface area contributed by atoms with Crippen LogP contribution in [0.3, 0.4) is 0 Å². The molecular weight excluding hydrogens is 304 g/mol. The third-order valence-corrected chi connectivity index (χ3v) is 5.10. The highest BCUT2D eigenvalue weighted by Gasteiger charge is 2.15. The Bertz CT molecular complexity index is 821. The molecule has 1 aromatic carbocycles. The van der Waals surface area contributed by atoms with E-state index >= 15 is 0 Å². The van der Waals surface area contributed by atoms with Crippen molar-refractivity contribution >= 4 is 27.3 Å². The van der Waals surface area contributed by atoms with Crippen LogP contribution in [0.1, 0.15) is 32.3 Å². The van der Waals surface area contributed by atoms with Crippen molar-refractivity contribution in [3.63, 3.8) is 0 Å². The Balaban J connectivity index is 1.91. The number of benzene rings is 1. The van der Waals surface area contributed by atoms with Gasteiger partial charge < -0.3 is 0 Å². The highest BCUT2D eigenvalue weighted by atomic mass is 32.1. The van der Waals surface area contributed by atoms with Gasteiger partial charge in [-0.05, 0) is 35.9 Å². The number of fused-ring (bicyclic) bond motifs is 1. The van der Waals surface area contributed by atoms with Crippen LogP contribution in [-0.4, -0.2) is 15.8 Å². The number of thiophene rings is 1. The van der Waals surface area contributed by atoms with Gasteiger partial charge in [0.1, 0.15) is 16.9 Å². The van der Waals surface area contributed by atoms with Crippen LogP contribution in [-0.2, 0) is 11.2 Å². The van der Waals surface area contributed by atoms with Gasteiger partial charge in [-0.3, -0.25) is 4.79 Å². The summed E-state index contributed by atoms with van der Waals surface area (Å²) in [6.07, 6.45) is 3.93. The third kappa shape index (κ3) is 3.32. The zero-order valence-corrected chi connectivity index (χ0v) is 14.3. The topological polar surface area (TPSA) is 42.9 Å². The van der Waals surface area contributed by atoms with Gasteiger partial charge in [0, 0.05) is 23.3 Å². The Morgan fingerprint density at radius 2 is 2.00 bits per heavy atom. The second-order valence-corrected chi connectivity index (χ2v) is 6.61. The van der Waals surface area contributed by atoms with E-state index in [1.54, 1.807) is 17.7 Å². The number of ketones is 1. The first-order valence-electron chi connectivity index (χ1n) is 8.03. The lowest BCUT2D eigenvalue weighted by molar-refractivity contribution is -0.122. The highest BCUT2D eigenvalue weighted by Crippen LogP contribution is 2.29. The van der Waals surface area contributed by atoms with Crippen molar-refractivity contribution in [1.82, 2.24) is 9.97 Å². The minimum atomic E-state index is 0.168. The Hall–Kier alpha value is -2.07. The van der Waals surface area contributed by atoms with E-state index in [-0.39, 0.29) is 5.92 Å². The van der Waals surface area contributed by atoms with Gasteiger partial charge in [-0.2, -0.15) is 0 Å². The summed E-state index contributed by atoms with van der Waals surface area (Å²) in [7, 11) is 0. The molecule has 3 rings (SSSR count). The molecule has 3 nitrogen and oxygen atoms in total. The maximum Gasteiger partial charge on any atom is 0.140 e. The summed E-state index contributed by atoms with van der Waals surface area (Å²) < 4.78 is 0. The molecule has 0 atom stereocenters. The van der Waals surface area contributed by atoms with E-state index in [9.17, 15) is 4.79 Å². The van der Waals surface area contributed by atoms with Crippen molar-refractivity contribution in [2.75, 3.05) is 0 Å². The number of aromatic nitrogens is 2. The van der Waals surface area contributed by atoms with Crippen molar-refractivity contribution in [3.8, 4) is 11.3 Å². The predicted octanol–water partition coefficient (Wildman–Crippen LogP) is 4.91. The summed E-state index contributed by atoms with van der Waals surface area (Å²) in [5.74, 6) is 0.497. The van der Waals surface area contributed by atoms with Gasteiger partial charge in [0.15, 0.2) is 0 Å². The zero-order chi connectivity index (χ0) is 16.2. The first-order chi connectivity index (χ1) is 11.2. The molecule has 2 aromatic heterocycles. The quantitative estimate of drug-likeness (QED) is 0.647. The smallest absolute Gasteiger partial charge is 0.140 e. The van der Waals surface area contributed by atoms with E-state index in [0.29, 0.717) is 12.2 Å². The standard InChI is InChI=1S/C19H20N2OS/c1-3-14(4-2)17(22)11-13-6-5-7-15(10-13)18-16-8-9-23-19(16)21-12-20-18/h5-10,12,14H,3-4,11H2,1-2H3. The summed E-state index contributed by atoms with van der Waals surface area (Å²) in [5.41, 5.74) is 3.04. The molecule has 0 bridgehead atoms. The molecule has 118 valence electrons. The van der Waals surface area contributed by atoms with Crippen LogP contribution in [0, 0.1) is 5.92 Å². The first kappa shape index (κ1) is 15.8. The number of carbonyl (C=O) groups excluding carboxylic acids is 1. The van der Waals surface area contributed by atoms with Crippen LogP contribution in [0.25, 0.3) is 21.5 Å². The van der Waals surface area contributed by atoms with E-state index < -0.39 is 0 Å². The number of hydrogen-bond donors (Lipinski definition) is 0. The van der Waals surface area contributed by atoms with Gasteiger partial charge in [-0.1, -0.05) is 32.0 Å². The number of rotatable bonds is 6. The molecule has 0 amide bonds. The fourth-order valence-corrected chi connectivity index (χ4v) is 3.67. The van der Waals surface area contributed by atoms with Crippen molar-refractivity contribution in [1.29, 1.82) is 0 Å². The summed E-state index contributed by atoms with van der Waals surface area (Å²) >= 11 is 1.62. The van der Waals surface area contributed by atoms with Gasteiger partial charge in [-0.25, -0.2) is 9.97 Å². The number of carbonyl (C=O) groups is 1. The van der Waals surface area contributed by atoms with Crippen LogP contribution in [0.15, 0.2) is 42.0 Å². The van der Waals surface area contributed by atoms with Gasteiger partial charge in [0.05, 0.1) is 5.69 Å². The minimum absolute atomic E-state index is 0.168. The molecule has 0 spiro atoms. The largest absolute Gasteiger partial charge is 0.299 e. The van der Waals surface area contributed by atoms with Crippen molar-refractivity contribution in [2.45, 2.75) is 33.1 Å². The second kappa shape index (κ2) is 7.01. The lowest BCUT2D eigenvalue weighted by atomic mass is 9.92. The first-order valence-corrected chi connectivity index (χ1v) is 8.91. The molecule has 0 saturated carbocycles. The van der Waals surface area contributed by atoms with Crippen molar-refractivity contribution in [2.24, 2.45) is 5.92 Å². The Morgan fingerprint density at radius 1 is 1.17 bits per heavy atom. The van der Waals surface area contributed by atoms with Crippen molar-refractivity contribution < 1.29 is 4.79 Å². The third-order valence-electron chi connectivity index (χ3n) is 4.28. The van der Waals surface area contributed by atoms with Crippen LogP contribution in [0.5, 0.6) is 0 Å². The van der Waals surface area contributed by atoms with Crippen molar-refractivity contribution in [3.05, 3.63) is 47.6 Å². The van der Waals surface area contributed by atoms with E-state index in [4.69, 9.17) is 0 Å². The molecule has 3 aromatic rings. The summed E-state index contributed by atoms with van der Waals surface area (Å²) in [4.78, 5) is 22.1. The molecule has 4 heteroatoms. The summed E-state index contributed by atoms with van der Waals surface area (Å²) in [6.45, 7) is 4.16. The van der Waals surface area contributed by atoms with Gasteiger partial charge in [-0.15, -0.1) is 11.3 Å². The molecule has 0 aliphatic rings. The van der Waals surface area contributed by atoms with Crippen LogP contribution in [0.4, 0.5) is 0 Å². The molecule has 0 radical (unpaired) electrons. The summed E-state index contributed by atoms with van der Waals surface area (Å²) in [6, 6.07) is 10.2. The summed E-state index contributed by atoms with van der Waals surface area (Å²) in [5, 5.41) is 3.10. The fraction of sp³-hybridized carbons (Fsp3) is 0.316. The van der Waals surface area contributed by atoms with Crippen LogP contribution < -0.4 is 0 Å². The maximum absolute atomic E-state index is 12.4. The monoisotopic (exact) mass is 324 g/mol. The predicted molar refractivity (Wildman–Crippen MR) is 95.6 cm³/mol. The van der Waals surface area contributed by atoms with Crippen LogP contribution in [0.2, 0.25) is 0 Å². The SMILES string of the molecule is CCC(CC)C(=O)Cc1cccc(-c2ncnc3sccc23)c1. The molecule has 23 heavy (non-hydrogen) atoms. The molecule has 0 N–H and O–H groups in total. The molecular formula is C19H20N2OS. The maximum atomic E-state index is 12.4. The minimum Gasteiger partial charge on any atom is -0.299 e. The van der Waals surface area contributed by atoms with E-state index in [0.717, 1.165) is 39.9 Å². The lowest BCUT2D eigenvalue weighted by Crippen LogP contribution is -2.15. The lowest BCUT2D eigenvalue weighted by Gasteiger charge is -2.11. The molecule has 0 fully saturated rings. The number of hydrogen-bond acceptors (Lipinski definition) is 4. The van der Waals surface area contributed by atoms with Gasteiger partial charge in [0.25, 0.3) is 0 Å². The molecule has 0 aliphatic heterocycles. The van der Waals surface area contributed by atoms with E-state index in [1.165, 1.54) is 0 Å². The van der Waals surface area contributed by atoms with Crippen LogP contribution >= 0.6 is 11.3 Å². The average Bonchev–Trinajstić information content (AvgIpc) is 3.04. The Labute approximate surface area is 140 Å². The molecule has 0 aliphatic carbocycles. The average molecular weight is 324 g/mol. The highest BCUT2D eigenvalue weighted by molar-refractivity contribution is 7.16. The van der Waals surface area contributed by atoms with Gasteiger partial charge >= 0.3 is 0 Å². The zero-order valence-electron chi connectivity index (χ0n) is 13.5. The molecule has 0 unspecified atom stereocenters. The number of nitrogens with zero attached hydrogens (tertiary/aromatic N) is 2. The fourth-order valence-electron chi connectivity index (χ4n) is 2.94.